The van der Waals surface area contributed by atoms with Crippen molar-refractivity contribution in [2.75, 3.05) is 0 Å². The summed E-state index contributed by atoms with van der Waals surface area (Å²) in [6, 6.07) is 0. The van der Waals surface area contributed by atoms with Gasteiger partial charge in [-0.15, -0.1) is 8.58 Å². The summed E-state index contributed by atoms with van der Waals surface area (Å²) >= 11 is 0. The predicted molar refractivity (Wildman–Crippen MR) is 53.6 cm³/mol. The Labute approximate surface area is 79.5 Å². The smallest absolute Gasteiger partial charge is 0 e. The van der Waals surface area contributed by atoms with Gasteiger partial charge in [0.2, 0.25) is 0 Å². The number of rotatable bonds is 0. The van der Waals surface area contributed by atoms with E-state index in [0.29, 0.717) is 10.3 Å². The van der Waals surface area contributed by atoms with Crippen molar-refractivity contribution in [1.29, 1.82) is 0 Å². The molecule has 0 atom stereocenters. The van der Waals surface area contributed by atoms with Crippen LogP contribution in [0.25, 0.3) is 0 Å². The van der Waals surface area contributed by atoms with Gasteiger partial charge in [-0.2, -0.15) is 0 Å². The van der Waals surface area contributed by atoms with Gasteiger partial charge in [0.25, 0.3) is 0 Å². The van der Waals surface area contributed by atoms with Crippen molar-refractivity contribution in [3.63, 3.8) is 0 Å². The first-order valence-electron chi connectivity index (χ1n) is 3.50. The molecule has 10 heavy (non-hydrogen) atoms. The van der Waals surface area contributed by atoms with Crippen molar-refractivity contribution in [1.82, 2.24) is 0 Å². The first-order chi connectivity index (χ1) is 3.71. The fourth-order valence-corrected chi connectivity index (χ4v) is 3.38. The summed E-state index contributed by atoms with van der Waals surface area (Å²) in [5.41, 5.74) is 0. The Morgan fingerprint density at radius 1 is 0.700 bits per heavy atom. The molecule has 0 aliphatic carbocycles. The Morgan fingerprint density at radius 2 is 0.900 bits per heavy atom. The van der Waals surface area contributed by atoms with Gasteiger partial charge in [0.1, 0.15) is 0 Å². The van der Waals surface area contributed by atoms with Crippen LogP contribution in [0.2, 0.25) is 0 Å². The molecular weight excluding hydrogens is 134 g/mol. The van der Waals surface area contributed by atoms with Crippen molar-refractivity contribution >= 4 is 27.4 Å². The molecule has 2 heteroatoms. The van der Waals surface area contributed by atoms with Gasteiger partial charge in [-0.25, -0.2) is 0 Å². The molecule has 0 saturated heterocycles. The molecule has 0 fully saturated rings. The van der Waals surface area contributed by atoms with Gasteiger partial charge in [0, 0.05) is 18.9 Å². The van der Waals surface area contributed by atoms with Gasteiger partial charge in [-0.1, -0.05) is 41.5 Å². The fourth-order valence-electron chi connectivity index (χ4n) is 1.12. The summed E-state index contributed by atoms with van der Waals surface area (Å²) in [7, 11) is 1.05. The average Bonchev–Trinajstić information content (AvgIpc) is 1.14. The summed E-state index contributed by atoms with van der Waals surface area (Å²) in [6.45, 7) is 13.8. The Balaban J connectivity index is 0. The monoisotopic (exact) mass is 153 g/mol. The van der Waals surface area contributed by atoms with Crippen LogP contribution in [0.4, 0.5) is 0 Å². The SMILES string of the molecule is CC(C)(C)PC(C)(C)C.[Li]. The van der Waals surface area contributed by atoms with E-state index in [9.17, 15) is 0 Å². The zero-order chi connectivity index (χ0) is 7.71. The van der Waals surface area contributed by atoms with E-state index in [1.165, 1.54) is 0 Å². The molecule has 0 unspecified atom stereocenters. The van der Waals surface area contributed by atoms with Crippen molar-refractivity contribution < 1.29 is 0 Å². The third kappa shape index (κ3) is 11.8. The molecule has 0 nitrogen and oxygen atoms in total. The molecule has 0 bridgehead atoms. The zero-order valence-corrected chi connectivity index (χ0v) is 9.50. The minimum atomic E-state index is 0. The summed E-state index contributed by atoms with van der Waals surface area (Å²) in [5, 5.41) is 1.02. The molecule has 0 aliphatic heterocycles. The topological polar surface area (TPSA) is 0 Å². The molecule has 0 N–H and O–H groups in total. The van der Waals surface area contributed by atoms with Crippen molar-refractivity contribution in [2.45, 2.75) is 51.9 Å². The van der Waals surface area contributed by atoms with Crippen LogP contribution in [0.1, 0.15) is 41.5 Å². The normalized spacial score (nSPS) is 12.6. The first kappa shape index (κ1) is 13.6. The second kappa shape index (κ2) is 4.15. The van der Waals surface area contributed by atoms with Crippen LogP contribution in [0.15, 0.2) is 0 Å². The van der Waals surface area contributed by atoms with Gasteiger partial charge in [0.05, 0.1) is 0 Å². The van der Waals surface area contributed by atoms with E-state index in [4.69, 9.17) is 0 Å². The maximum Gasteiger partial charge on any atom is 0 e. The number of hydrogen-bond acceptors (Lipinski definition) is 0. The zero-order valence-electron chi connectivity index (χ0n) is 8.50. The summed E-state index contributed by atoms with van der Waals surface area (Å²) in [5.74, 6) is 0. The molecule has 57 valence electrons. The van der Waals surface area contributed by atoms with Crippen LogP contribution >= 0.6 is 8.58 Å². The van der Waals surface area contributed by atoms with Crippen LogP contribution in [0, 0.1) is 0 Å². The molecule has 0 aromatic carbocycles. The molecule has 1 radical (unpaired) electrons. The first-order valence-corrected chi connectivity index (χ1v) is 4.50. The van der Waals surface area contributed by atoms with Crippen molar-refractivity contribution in [3.05, 3.63) is 0 Å². The average molecular weight is 153 g/mol. The van der Waals surface area contributed by atoms with Gasteiger partial charge in [0.15, 0.2) is 0 Å². The van der Waals surface area contributed by atoms with Crippen molar-refractivity contribution in [3.8, 4) is 0 Å². The van der Waals surface area contributed by atoms with Gasteiger partial charge < -0.3 is 0 Å². The summed E-state index contributed by atoms with van der Waals surface area (Å²) < 4.78 is 0. The molecule has 0 amide bonds. The quantitative estimate of drug-likeness (QED) is 0.371. The van der Waals surface area contributed by atoms with Crippen LogP contribution in [0.3, 0.4) is 0 Å². The number of hydrogen-bond donors (Lipinski definition) is 0. The molecule has 0 aromatic rings. The fraction of sp³-hybridized carbons (Fsp3) is 1.00. The second-order valence-electron chi connectivity index (χ2n) is 4.62. The maximum atomic E-state index is 2.30. The molecule has 0 heterocycles. The van der Waals surface area contributed by atoms with Crippen LogP contribution < -0.4 is 0 Å². The van der Waals surface area contributed by atoms with Gasteiger partial charge in [-0.3, -0.25) is 0 Å². The van der Waals surface area contributed by atoms with Crippen molar-refractivity contribution in [2.24, 2.45) is 0 Å². The van der Waals surface area contributed by atoms with E-state index in [2.05, 4.69) is 41.5 Å². The Kier molecular flexibility index (Phi) is 5.65. The third-order valence-corrected chi connectivity index (χ3v) is 2.25. The standard InChI is InChI=1S/C8H19P.Li/c1-7(2,3)9-8(4,5)6;/h9H,1-6H3;. The minimum Gasteiger partial charge on any atom is -0.111 e. The molecular formula is C8H19LiP. The Bertz CT molecular complexity index is 74.4. The predicted octanol–water partition coefficient (Wildman–Crippen LogP) is 2.88. The minimum absolute atomic E-state index is 0. The van der Waals surface area contributed by atoms with E-state index in [-0.39, 0.29) is 18.9 Å². The second-order valence-corrected chi connectivity index (χ2v) is 7.88. The van der Waals surface area contributed by atoms with Crippen LogP contribution in [-0.4, -0.2) is 29.2 Å². The summed E-state index contributed by atoms with van der Waals surface area (Å²) in [4.78, 5) is 0. The van der Waals surface area contributed by atoms with E-state index < -0.39 is 0 Å². The third-order valence-electron chi connectivity index (χ3n) is 0.750. The largest absolute Gasteiger partial charge is 0.111 e. The Hall–Kier alpha value is 1.03. The summed E-state index contributed by atoms with van der Waals surface area (Å²) in [6.07, 6.45) is 0. The molecule has 0 aliphatic rings. The van der Waals surface area contributed by atoms with E-state index in [1.54, 1.807) is 0 Å². The van der Waals surface area contributed by atoms with E-state index in [1.807, 2.05) is 0 Å². The van der Waals surface area contributed by atoms with Gasteiger partial charge >= 0.3 is 0 Å². The Morgan fingerprint density at radius 3 is 0.900 bits per heavy atom. The maximum absolute atomic E-state index is 2.30. The van der Waals surface area contributed by atoms with Crippen LogP contribution in [0.5, 0.6) is 0 Å². The molecule has 0 spiro atoms. The molecule has 0 rings (SSSR count). The van der Waals surface area contributed by atoms with E-state index in [0.717, 1.165) is 8.58 Å². The van der Waals surface area contributed by atoms with E-state index >= 15 is 0 Å². The molecule has 0 aromatic heterocycles. The van der Waals surface area contributed by atoms with Gasteiger partial charge in [-0.05, 0) is 10.3 Å². The van der Waals surface area contributed by atoms with Crippen LogP contribution in [-0.2, 0) is 0 Å². The molecule has 0 saturated carbocycles.